The second-order valence-corrected chi connectivity index (χ2v) is 5.43. The molecule has 0 bridgehead atoms. The van der Waals surface area contributed by atoms with Gasteiger partial charge >= 0.3 is 0 Å². The van der Waals surface area contributed by atoms with E-state index in [1.54, 1.807) is 11.3 Å². The number of rotatable bonds is 6. The van der Waals surface area contributed by atoms with Gasteiger partial charge in [-0.05, 0) is 60.4 Å². The quantitative estimate of drug-likeness (QED) is 0.848. The van der Waals surface area contributed by atoms with E-state index in [1.807, 2.05) is 19.1 Å². The van der Waals surface area contributed by atoms with E-state index in [9.17, 15) is 0 Å². The van der Waals surface area contributed by atoms with E-state index in [2.05, 4.69) is 42.1 Å². The molecule has 1 aromatic carbocycles. The molecule has 2 aromatic rings. The van der Waals surface area contributed by atoms with Crippen molar-refractivity contribution in [3.05, 3.63) is 51.7 Å². The fraction of sp³-hybridized carbons (Fsp3) is 0.375. The van der Waals surface area contributed by atoms with Gasteiger partial charge in [-0.15, -0.1) is 0 Å². The summed E-state index contributed by atoms with van der Waals surface area (Å²) in [7, 11) is 0. The van der Waals surface area contributed by atoms with Crippen LogP contribution in [0.2, 0.25) is 0 Å². The van der Waals surface area contributed by atoms with E-state index in [0.717, 1.165) is 12.3 Å². The molecule has 1 N–H and O–H groups in total. The number of hydrogen-bond donors (Lipinski definition) is 1. The molecule has 0 saturated carbocycles. The topological polar surface area (TPSA) is 21.3 Å². The zero-order chi connectivity index (χ0) is 13.7. The van der Waals surface area contributed by atoms with Crippen molar-refractivity contribution in [2.75, 3.05) is 6.61 Å². The Morgan fingerprint density at radius 1 is 1.21 bits per heavy atom. The summed E-state index contributed by atoms with van der Waals surface area (Å²) < 4.78 is 5.46. The van der Waals surface area contributed by atoms with Crippen molar-refractivity contribution in [3.8, 4) is 5.75 Å². The van der Waals surface area contributed by atoms with Gasteiger partial charge in [0.1, 0.15) is 5.75 Å². The molecule has 0 aliphatic rings. The van der Waals surface area contributed by atoms with Crippen LogP contribution in [0.1, 0.15) is 36.6 Å². The van der Waals surface area contributed by atoms with Gasteiger partial charge in [-0.25, -0.2) is 0 Å². The second kappa shape index (κ2) is 6.73. The molecular weight excluding hydrogens is 254 g/mol. The first-order valence-corrected chi connectivity index (χ1v) is 7.62. The lowest BCUT2D eigenvalue weighted by Crippen LogP contribution is -2.18. The Bertz CT molecular complexity index is 504. The summed E-state index contributed by atoms with van der Waals surface area (Å²) in [6, 6.07) is 8.67. The lowest BCUT2D eigenvalue weighted by atomic mass is 10.1. The minimum atomic E-state index is 0.343. The molecule has 1 atom stereocenters. The van der Waals surface area contributed by atoms with Crippen LogP contribution in [-0.2, 0) is 6.54 Å². The van der Waals surface area contributed by atoms with Gasteiger partial charge in [0.25, 0.3) is 0 Å². The highest BCUT2D eigenvalue weighted by Crippen LogP contribution is 2.19. The van der Waals surface area contributed by atoms with Crippen LogP contribution in [0, 0.1) is 6.92 Å². The molecule has 0 spiro atoms. The molecule has 19 heavy (non-hydrogen) atoms. The summed E-state index contributed by atoms with van der Waals surface area (Å²) in [5.74, 6) is 0.937. The molecule has 0 aliphatic carbocycles. The van der Waals surface area contributed by atoms with E-state index < -0.39 is 0 Å². The van der Waals surface area contributed by atoms with Crippen molar-refractivity contribution in [2.45, 2.75) is 33.4 Å². The average molecular weight is 275 g/mol. The van der Waals surface area contributed by atoms with E-state index >= 15 is 0 Å². The molecular formula is C16H21NOS. The minimum Gasteiger partial charge on any atom is -0.494 e. The summed E-state index contributed by atoms with van der Waals surface area (Å²) in [5.41, 5.74) is 4.05. The first-order chi connectivity index (χ1) is 9.20. The maximum absolute atomic E-state index is 5.46. The third-order valence-electron chi connectivity index (χ3n) is 3.25. The lowest BCUT2D eigenvalue weighted by molar-refractivity contribution is 0.340. The lowest BCUT2D eigenvalue weighted by Gasteiger charge is -2.15. The smallest absolute Gasteiger partial charge is 0.119 e. The van der Waals surface area contributed by atoms with Crippen molar-refractivity contribution in [1.29, 1.82) is 0 Å². The Balaban J connectivity index is 1.92. The Labute approximate surface area is 119 Å². The average Bonchev–Trinajstić information content (AvgIpc) is 2.83. The maximum Gasteiger partial charge on any atom is 0.119 e. The van der Waals surface area contributed by atoms with Crippen LogP contribution in [0.25, 0.3) is 0 Å². The number of benzene rings is 1. The van der Waals surface area contributed by atoms with Gasteiger partial charge in [-0.1, -0.05) is 12.1 Å². The van der Waals surface area contributed by atoms with Gasteiger partial charge < -0.3 is 10.1 Å². The van der Waals surface area contributed by atoms with Crippen LogP contribution in [-0.4, -0.2) is 6.61 Å². The summed E-state index contributed by atoms with van der Waals surface area (Å²) in [6.07, 6.45) is 0. The van der Waals surface area contributed by atoms with Crippen molar-refractivity contribution in [3.63, 3.8) is 0 Å². The number of aryl methyl sites for hydroxylation is 1. The first-order valence-electron chi connectivity index (χ1n) is 6.68. The van der Waals surface area contributed by atoms with Gasteiger partial charge in [0, 0.05) is 12.6 Å². The fourth-order valence-electron chi connectivity index (χ4n) is 1.97. The Morgan fingerprint density at radius 3 is 2.53 bits per heavy atom. The minimum absolute atomic E-state index is 0.343. The molecule has 2 rings (SSSR count). The number of hydrogen-bond acceptors (Lipinski definition) is 3. The molecule has 0 aliphatic heterocycles. The molecule has 0 radical (unpaired) electrons. The standard InChI is InChI=1S/C16H21NOS/c1-4-18-16-7-5-14(6-8-16)13(3)17-9-15-11-19-10-12(15)2/h5-8,10-11,13,17H,4,9H2,1-3H3. The second-order valence-electron chi connectivity index (χ2n) is 4.68. The van der Waals surface area contributed by atoms with Gasteiger partial charge in [-0.2, -0.15) is 11.3 Å². The molecule has 3 heteroatoms. The predicted molar refractivity (Wildman–Crippen MR) is 81.9 cm³/mol. The zero-order valence-electron chi connectivity index (χ0n) is 11.8. The van der Waals surface area contributed by atoms with Crippen molar-refractivity contribution >= 4 is 11.3 Å². The molecule has 0 saturated heterocycles. The Hall–Kier alpha value is -1.32. The molecule has 0 amide bonds. The number of thiophene rings is 1. The highest BCUT2D eigenvalue weighted by Gasteiger charge is 2.06. The van der Waals surface area contributed by atoms with E-state index in [1.165, 1.54) is 16.7 Å². The van der Waals surface area contributed by atoms with Crippen LogP contribution in [0.4, 0.5) is 0 Å². The monoisotopic (exact) mass is 275 g/mol. The van der Waals surface area contributed by atoms with Gasteiger partial charge in [0.2, 0.25) is 0 Å². The van der Waals surface area contributed by atoms with Gasteiger partial charge in [-0.3, -0.25) is 0 Å². The zero-order valence-corrected chi connectivity index (χ0v) is 12.6. The normalized spacial score (nSPS) is 12.4. The van der Waals surface area contributed by atoms with E-state index in [4.69, 9.17) is 4.74 Å². The summed E-state index contributed by atoms with van der Waals surface area (Å²) >= 11 is 1.76. The highest BCUT2D eigenvalue weighted by atomic mass is 32.1. The molecule has 102 valence electrons. The highest BCUT2D eigenvalue weighted by molar-refractivity contribution is 7.08. The number of ether oxygens (including phenoxy) is 1. The third kappa shape index (κ3) is 3.82. The van der Waals surface area contributed by atoms with E-state index in [0.29, 0.717) is 12.6 Å². The predicted octanol–water partition coefficient (Wildman–Crippen LogP) is 4.31. The molecule has 0 fully saturated rings. The molecule has 1 heterocycles. The summed E-state index contributed by atoms with van der Waals surface area (Å²) in [4.78, 5) is 0. The van der Waals surface area contributed by atoms with Crippen molar-refractivity contribution in [2.24, 2.45) is 0 Å². The van der Waals surface area contributed by atoms with Crippen LogP contribution < -0.4 is 10.1 Å². The number of nitrogens with one attached hydrogen (secondary N) is 1. The largest absolute Gasteiger partial charge is 0.494 e. The molecule has 2 nitrogen and oxygen atoms in total. The van der Waals surface area contributed by atoms with Gasteiger partial charge in [0.15, 0.2) is 0 Å². The fourth-order valence-corrected chi connectivity index (χ4v) is 2.83. The SMILES string of the molecule is CCOc1ccc(C(C)NCc2cscc2C)cc1. The van der Waals surface area contributed by atoms with Crippen LogP contribution in [0.3, 0.4) is 0 Å². The first kappa shape index (κ1) is 14.1. The summed E-state index contributed by atoms with van der Waals surface area (Å²) in [5, 5.41) is 7.97. The third-order valence-corrected chi connectivity index (χ3v) is 4.16. The van der Waals surface area contributed by atoms with Crippen molar-refractivity contribution in [1.82, 2.24) is 5.32 Å². The summed E-state index contributed by atoms with van der Waals surface area (Å²) in [6.45, 7) is 7.99. The maximum atomic E-state index is 5.46. The van der Waals surface area contributed by atoms with Crippen LogP contribution in [0.15, 0.2) is 35.0 Å². The Kier molecular flexibility index (Phi) is 5.00. The Morgan fingerprint density at radius 2 is 1.95 bits per heavy atom. The van der Waals surface area contributed by atoms with Crippen molar-refractivity contribution < 1.29 is 4.74 Å². The van der Waals surface area contributed by atoms with E-state index in [-0.39, 0.29) is 0 Å². The van der Waals surface area contributed by atoms with Crippen LogP contribution >= 0.6 is 11.3 Å². The molecule has 1 aromatic heterocycles. The van der Waals surface area contributed by atoms with Crippen LogP contribution in [0.5, 0.6) is 5.75 Å². The molecule has 1 unspecified atom stereocenters. The van der Waals surface area contributed by atoms with Gasteiger partial charge in [0.05, 0.1) is 6.61 Å².